The Morgan fingerprint density at radius 1 is 1.19 bits per heavy atom. The average Bonchev–Trinajstić information content (AvgIpc) is 3.16. The summed E-state index contributed by atoms with van der Waals surface area (Å²) in [6, 6.07) is 13.2. The summed E-state index contributed by atoms with van der Waals surface area (Å²) in [5.41, 5.74) is 2.19. The molecule has 1 heterocycles. The molecule has 31 heavy (non-hydrogen) atoms. The SMILES string of the molecule is CC[C@H](C(=O)NCc1ccccc1-n1ccnc1C)N(c1ccc(Cl)cc1)S(C)(=O)=O. The predicted molar refractivity (Wildman–Crippen MR) is 123 cm³/mol. The average molecular weight is 461 g/mol. The van der Waals surface area contributed by atoms with E-state index in [2.05, 4.69) is 10.3 Å². The maximum Gasteiger partial charge on any atom is 0.244 e. The van der Waals surface area contributed by atoms with E-state index in [1.807, 2.05) is 42.0 Å². The number of nitrogens with one attached hydrogen (secondary N) is 1. The van der Waals surface area contributed by atoms with Gasteiger partial charge in [0, 0.05) is 24.0 Å². The number of carbonyl (C=O) groups excluding carboxylic acids is 1. The van der Waals surface area contributed by atoms with Gasteiger partial charge in [-0.2, -0.15) is 0 Å². The molecule has 3 aromatic rings. The topological polar surface area (TPSA) is 84.3 Å². The first-order valence-corrected chi connectivity index (χ1v) is 12.1. The highest BCUT2D eigenvalue weighted by Crippen LogP contribution is 2.24. The van der Waals surface area contributed by atoms with Crippen LogP contribution in [0.25, 0.3) is 5.69 Å². The lowest BCUT2D eigenvalue weighted by molar-refractivity contribution is -0.122. The van der Waals surface area contributed by atoms with Gasteiger partial charge in [-0.05, 0) is 49.2 Å². The maximum atomic E-state index is 13.1. The standard InChI is InChI=1S/C22H25ClN4O3S/c1-4-20(27(31(3,29)30)19-11-9-18(23)10-12-19)22(28)25-15-17-7-5-6-8-21(17)26-14-13-24-16(26)2/h5-14,20H,4,15H2,1-3H3,(H,25,28)/t20-/m1/s1. The molecule has 164 valence electrons. The number of carbonyl (C=O) groups is 1. The van der Waals surface area contributed by atoms with Gasteiger partial charge in [-0.15, -0.1) is 0 Å². The molecule has 1 N–H and O–H groups in total. The number of amides is 1. The van der Waals surface area contributed by atoms with Crippen LogP contribution in [0, 0.1) is 6.92 Å². The van der Waals surface area contributed by atoms with Gasteiger partial charge in [0.1, 0.15) is 11.9 Å². The zero-order valence-corrected chi connectivity index (χ0v) is 19.2. The molecule has 1 amide bonds. The molecule has 7 nitrogen and oxygen atoms in total. The van der Waals surface area contributed by atoms with Crippen LogP contribution in [0.1, 0.15) is 24.7 Å². The number of halogens is 1. The molecule has 2 aromatic carbocycles. The molecule has 0 saturated carbocycles. The Labute approximate surface area is 187 Å². The molecule has 0 radical (unpaired) electrons. The second kappa shape index (κ2) is 9.53. The van der Waals surface area contributed by atoms with Crippen molar-refractivity contribution in [3.05, 3.63) is 77.3 Å². The second-order valence-electron chi connectivity index (χ2n) is 7.15. The van der Waals surface area contributed by atoms with Crippen LogP contribution in [-0.4, -0.2) is 36.2 Å². The number of para-hydroxylation sites is 1. The van der Waals surface area contributed by atoms with Gasteiger partial charge in [0.2, 0.25) is 15.9 Å². The van der Waals surface area contributed by atoms with Gasteiger partial charge in [0.25, 0.3) is 0 Å². The van der Waals surface area contributed by atoms with E-state index in [9.17, 15) is 13.2 Å². The highest BCUT2D eigenvalue weighted by Gasteiger charge is 2.31. The van der Waals surface area contributed by atoms with Crippen molar-refractivity contribution in [1.82, 2.24) is 14.9 Å². The van der Waals surface area contributed by atoms with Crippen molar-refractivity contribution in [2.45, 2.75) is 32.9 Å². The third kappa shape index (κ3) is 5.26. The van der Waals surface area contributed by atoms with Gasteiger partial charge in [0.05, 0.1) is 17.6 Å². The van der Waals surface area contributed by atoms with E-state index in [1.165, 1.54) is 0 Å². The van der Waals surface area contributed by atoms with Crippen molar-refractivity contribution in [3.8, 4) is 5.69 Å². The van der Waals surface area contributed by atoms with Crippen molar-refractivity contribution >= 4 is 33.2 Å². The number of hydrogen-bond acceptors (Lipinski definition) is 4. The van der Waals surface area contributed by atoms with Crippen molar-refractivity contribution in [1.29, 1.82) is 0 Å². The van der Waals surface area contributed by atoms with E-state index in [1.54, 1.807) is 37.4 Å². The minimum absolute atomic E-state index is 0.251. The van der Waals surface area contributed by atoms with E-state index in [4.69, 9.17) is 11.6 Å². The highest BCUT2D eigenvalue weighted by atomic mass is 35.5. The van der Waals surface area contributed by atoms with E-state index in [0.717, 1.165) is 27.6 Å². The fourth-order valence-corrected chi connectivity index (χ4v) is 4.81. The number of benzene rings is 2. The van der Waals surface area contributed by atoms with E-state index in [-0.39, 0.29) is 12.5 Å². The number of aromatic nitrogens is 2. The first-order chi connectivity index (χ1) is 14.7. The lowest BCUT2D eigenvalue weighted by atomic mass is 10.1. The number of imidazole rings is 1. The molecule has 0 aliphatic rings. The number of hydrogen-bond donors (Lipinski definition) is 1. The van der Waals surface area contributed by atoms with Gasteiger partial charge in [0.15, 0.2) is 0 Å². The molecule has 0 spiro atoms. The summed E-state index contributed by atoms with van der Waals surface area (Å²) in [6.07, 6.45) is 4.98. The van der Waals surface area contributed by atoms with Gasteiger partial charge in [-0.1, -0.05) is 36.7 Å². The maximum absolute atomic E-state index is 13.1. The van der Waals surface area contributed by atoms with Crippen molar-refractivity contribution in [3.63, 3.8) is 0 Å². The van der Waals surface area contributed by atoms with Gasteiger partial charge in [-0.3, -0.25) is 9.10 Å². The Balaban J connectivity index is 1.85. The molecule has 0 saturated heterocycles. The molecular formula is C22H25ClN4O3S. The summed E-state index contributed by atoms with van der Waals surface area (Å²) >= 11 is 5.94. The van der Waals surface area contributed by atoms with E-state index in [0.29, 0.717) is 17.1 Å². The van der Waals surface area contributed by atoms with Crippen LogP contribution in [0.4, 0.5) is 5.69 Å². The van der Waals surface area contributed by atoms with E-state index < -0.39 is 16.1 Å². The van der Waals surface area contributed by atoms with Gasteiger partial charge < -0.3 is 9.88 Å². The van der Waals surface area contributed by atoms with Crippen LogP contribution in [-0.2, 0) is 21.4 Å². The first-order valence-electron chi connectivity index (χ1n) is 9.83. The third-order valence-electron chi connectivity index (χ3n) is 4.94. The highest BCUT2D eigenvalue weighted by molar-refractivity contribution is 7.92. The minimum Gasteiger partial charge on any atom is -0.350 e. The smallest absolute Gasteiger partial charge is 0.244 e. The molecule has 0 unspecified atom stereocenters. The van der Waals surface area contributed by atoms with E-state index >= 15 is 0 Å². The van der Waals surface area contributed by atoms with Crippen LogP contribution < -0.4 is 9.62 Å². The zero-order chi connectivity index (χ0) is 22.6. The number of nitrogens with zero attached hydrogens (tertiary/aromatic N) is 3. The minimum atomic E-state index is -3.70. The van der Waals surface area contributed by atoms with Crippen molar-refractivity contribution < 1.29 is 13.2 Å². The normalized spacial score (nSPS) is 12.4. The summed E-state index contributed by atoms with van der Waals surface area (Å²) in [4.78, 5) is 17.3. The molecule has 0 bridgehead atoms. The number of sulfonamides is 1. The predicted octanol–water partition coefficient (Wildman–Crippen LogP) is 3.70. The van der Waals surface area contributed by atoms with Crippen LogP contribution in [0.5, 0.6) is 0 Å². The first kappa shape index (κ1) is 22.8. The van der Waals surface area contributed by atoms with Crippen LogP contribution >= 0.6 is 11.6 Å². The lowest BCUT2D eigenvalue weighted by Gasteiger charge is -2.30. The monoisotopic (exact) mass is 460 g/mol. The van der Waals surface area contributed by atoms with Crippen LogP contribution in [0.3, 0.4) is 0 Å². The fraction of sp³-hybridized carbons (Fsp3) is 0.273. The Kier molecular flexibility index (Phi) is 7.02. The molecule has 1 aromatic heterocycles. The molecule has 9 heteroatoms. The second-order valence-corrected chi connectivity index (χ2v) is 9.45. The molecular weight excluding hydrogens is 436 g/mol. The van der Waals surface area contributed by atoms with Crippen molar-refractivity contribution in [2.24, 2.45) is 0 Å². The fourth-order valence-electron chi connectivity index (χ4n) is 3.48. The summed E-state index contributed by atoms with van der Waals surface area (Å²) in [7, 11) is -3.70. The third-order valence-corrected chi connectivity index (χ3v) is 6.37. The Morgan fingerprint density at radius 3 is 2.45 bits per heavy atom. The number of anilines is 1. The molecule has 0 fully saturated rings. The Bertz CT molecular complexity index is 1160. The Hall–Kier alpha value is -2.84. The largest absolute Gasteiger partial charge is 0.350 e. The summed E-state index contributed by atoms with van der Waals surface area (Å²) in [6.45, 7) is 3.93. The molecule has 0 aliphatic heterocycles. The van der Waals surface area contributed by atoms with Crippen LogP contribution in [0.15, 0.2) is 60.9 Å². The number of aryl methyl sites for hydroxylation is 1. The summed E-state index contributed by atoms with van der Waals surface area (Å²) < 4.78 is 28.2. The lowest BCUT2D eigenvalue weighted by Crippen LogP contribution is -2.49. The summed E-state index contributed by atoms with van der Waals surface area (Å²) in [5, 5.41) is 3.39. The van der Waals surface area contributed by atoms with Gasteiger partial charge >= 0.3 is 0 Å². The van der Waals surface area contributed by atoms with Gasteiger partial charge in [-0.25, -0.2) is 13.4 Å². The molecule has 1 atom stereocenters. The summed E-state index contributed by atoms with van der Waals surface area (Å²) in [5.74, 6) is 0.455. The molecule has 3 rings (SSSR count). The zero-order valence-electron chi connectivity index (χ0n) is 17.6. The van der Waals surface area contributed by atoms with Crippen molar-refractivity contribution in [2.75, 3.05) is 10.6 Å². The molecule has 0 aliphatic carbocycles. The number of rotatable bonds is 8. The van der Waals surface area contributed by atoms with Crippen LogP contribution in [0.2, 0.25) is 5.02 Å². The Morgan fingerprint density at radius 2 is 1.87 bits per heavy atom. The quantitative estimate of drug-likeness (QED) is 0.555.